The van der Waals surface area contributed by atoms with Crippen LogP contribution in [0.5, 0.6) is 0 Å². The summed E-state index contributed by atoms with van der Waals surface area (Å²) < 4.78 is 5.77. The maximum Gasteiger partial charge on any atom is 0.415 e. The Balaban J connectivity index is 1.69. The third kappa shape index (κ3) is 7.69. The van der Waals surface area contributed by atoms with Crippen LogP contribution in [-0.2, 0) is 11.3 Å². The highest BCUT2D eigenvalue weighted by molar-refractivity contribution is 5.88. The van der Waals surface area contributed by atoms with Crippen LogP contribution >= 0.6 is 0 Å². The molecule has 0 aliphatic heterocycles. The number of benzene rings is 3. The molecule has 4 aromatic rings. The van der Waals surface area contributed by atoms with E-state index < -0.39 is 11.7 Å². The fourth-order valence-electron chi connectivity index (χ4n) is 4.73. The van der Waals surface area contributed by atoms with Crippen molar-refractivity contribution in [3.8, 4) is 11.3 Å². The van der Waals surface area contributed by atoms with Crippen molar-refractivity contribution < 1.29 is 9.53 Å². The number of rotatable bonds is 8. The van der Waals surface area contributed by atoms with E-state index in [1.807, 2.05) is 99.8 Å². The number of carbonyl (C=O) groups excluding carboxylic acids is 1. The minimum Gasteiger partial charge on any atom is -0.443 e. The number of para-hydroxylation sites is 2. The van der Waals surface area contributed by atoms with Crippen LogP contribution < -0.4 is 4.90 Å². The molecule has 4 rings (SSSR count). The van der Waals surface area contributed by atoms with Gasteiger partial charge >= 0.3 is 6.09 Å². The molecule has 0 fully saturated rings. The van der Waals surface area contributed by atoms with Gasteiger partial charge in [0.2, 0.25) is 0 Å². The largest absolute Gasteiger partial charge is 0.443 e. The number of hydrogen-bond donors (Lipinski definition) is 0. The molecule has 5 nitrogen and oxygen atoms in total. The molecule has 0 aliphatic carbocycles. The van der Waals surface area contributed by atoms with Crippen molar-refractivity contribution >= 4 is 23.7 Å². The van der Waals surface area contributed by atoms with Gasteiger partial charge in [-0.25, -0.2) is 9.78 Å². The first kappa shape index (κ1) is 29.7. The Morgan fingerprint density at radius 2 is 1.44 bits per heavy atom. The number of pyridine rings is 1. The maximum atomic E-state index is 13.3. The van der Waals surface area contributed by atoms with Crippen LogP contribution in [0.1, 0.15) is 82.7 Å². The molecule has 1 heterocycles. The van der Waals surface area contributed by atoms with Crippen LogP contribution in [0.4, 0.5) is 16.2 Å². The second-order valence-corrected chi connectivity index (χ2v) is 11.9. The summed E-state index contributed by atoms with van der Waals surface area (Å²) >= 11 is 0. The van der Waals surface area contributed by atoms with Gasteiger partial charge in [-0.1, -0.05) is 94.4 Å². The van der Waals surface area contributed by atoms with E-state index >= 15 is 0 Å². The van der Waals surface area contributed by atoms with Gasteiger partial charge < -0.3 is 4.74 Å². The van der Waals surface area contributed by atoms with Crippen LogP contribution in [0.25, 0.3) is 11.3 Å². The van der Waals surface area contributed by atoms with Crippen LogP contribution in [0.2, 0.25) is 0 Å². The number of nitrogens with zero attached hydrogens (tertiary/aromatic N) is 3. The highest BCUT2D eigenvalue weighted by atomic mass is 16.6. The molecule has 0 aliphatic rings. The number of ether oxygens (including phenoxy) is 1. The van der Waals surface area contributed by atoms with E-state index in [0.29, 0.717) is 18.4 Å². The van der Waals surface area contributed by atoms with Gasteiger partial charge in [-0.2, -0.15) is 0 Å². The molecule has 0 radical (unpaired) electrons. The lowest BCUT2D eigenvalue weighted by Gasteiger charge is -2.28. The molecular weight excluding hydrogens is 506 g/mol. The standard InChI is InChI=1S/C36H41N3O2/c1-25(2)30-20-14-21-31(26(3)4)34(30)37-23-28-16-13-22-33(38-28)32-19-12-11-15-27(32)24-39(29-17-9-8-10-18-29)35(40)41-36(5,6)7/h8-23,25-26H,24H2,1-7H3/b37-23+. The first-order valence-electron chi connectivity index (χ1n) is 14.3. The second kappa shape index (κ2) is 12.9. The minimum atomic E-state index is -0.609. The molecule has 5 heteroatoms. The number of hydrogen-bond acceptors (Lipinski definition) is 4. The van der Waals surface area contributed by atoms with Gasteiger partial charge in [0.15, 0.2) is 0 Å². The average Bonchev–Trinajstić information content (AvgIpc) is 2.94. The van der Waals surface area contributed by atoms with E-state index in [9.17, 15) is 4.79 Å². The molecule has 1 aromatic heterocycles. The van der Waals surface area contributed by atoms with Gasteiger partial charge in [0.1, 0.15) is 5.60 Å². The maximum absolute atomic E-state index is 13.3. The Kier molecular flexibility index (Phi) is 9.38. The van der Waals surface area contributed by atoms with Crippen LogP contribution in [-0.4, -0.2) is 22.9 Å². The summed E-state index contributed by atoms with van der Waals surface area (Å²) in [5.74, 6) is 0.731. The number of aliphatic imine (C=N–C) groups is 1. The fraction of sp³-hybridized carbons (Fsp3) is 0.306. The van der Waals surface area contributed by atoms with Crippen molar-refractivity contribution in [1.82, 2.24) is 4.98 Å². The summed E-state index contributed by atoms with van der Waals surface area (Å²) in [6.45, 7) is 14.8. The highest BCUT2D eigenvalue weighted by Crippen LogP contribution is 2.35. The molecule has 0 bridgehead atoms. The molecule has 0 N–H and O–H groups in total. The number of anilines is 1. The third-order valence-electron chi connectivity index (χ3n) is 6.74. The average molecular weight is 548 g/mol. The van der Waals surface area contributed by atoms with E-state index in [1.165, 1.54) is 11.1 Å². The molecule has 0 atom stereocenters. The summed E-state index contributed by atoms with van der Waals surface area (Å²) in [6, 6.07) is 30.1. The zero-order chi connectivity index (χ0) is 29.6. The smallest absolute Gasteiger partial charge is 0.415 e. The van der Waals surface area contributed by atoms with Crippen molar-refractivity contribution in [3.63, 3.8) is 0 Å². The van der Waals surface area contributed by atoms with Crippen molar-refractivity contribution in [1.29, 1.82) is 0 Å². The number of amides is 1. The molecule has 0 saturated carbocycles. The minimum absolute atomic E-state index is 0.342. The van der Waals surface area contributed by atoms with E-state index in [0.717, 1.165) is 33.9 Å². The first-order valence-corrected chi connectivity index (χ1v) is 14.3. The Bertz CT molecular complexity index is 1470. The van der Waals surface area contributed by atoms with Crippen molar-refractivity contribution in [2.24, 2.45) is 4.99 Å². The molecule has 0 spiro atoms. The van der Waals surface area contributed by atoms with Crippen LogP contribution in [0, 0.1) is 0 Å². The van der Waals surface area contributed by atoms with E-state index in [1.54, 1.807) is 4.90 Å². The Hall–Kier alpha value is -4.25. The van der Waals surface area contributed by atoms with Gasteiger partial charge in [0, 0.05) is 11.3 Å². The quantitative estimate of drug-likeness (QED) is 0.206. The van der Waals surface area contributed by atoms with Gasteiger partial charge in [-0.05, 0) is 73.6 Å². The number of carbonyl (C=O) groups is 1. The lowest BCUT2D eigenvalue weighted by Crippen LogP contribution is -2.36. The lowest BCUT2D eigenvalue weighted by molar-refractivity contribution is 0.0577. The van der Waals surface area contributed by atoms with Crippen molar-refractivity contribution in [3.05, 3.63) is 113 Å². The van der Waals surface area contributed by atoms with Gasteiger partial charge in [-0.15, -0.1) is 0 Å². The van der Waals surface area contributed by atoms with Crippen molar-refractivity contribution in [2.45, 2.75) is 72.4 Å². The summed E-state index contributed by atoms with van der Waals surface area (Å²) in [6.07, 6.45) is 1.47. The predicted molar refractivity (Wildman–Crippen MR) is 170 cm³/mol. The summed E-state index contributed by atoms with van der Waals surface area (Å²) in [5, 5.41) is 0. The van der Waals surface area contributed by atoms with E-state index in [-0.39, 0.29) is 0 Å². The first-order chi connectivity index (χ1) is 19.5. The van der Waals surface area contributed by atoms with E-state index in [4.69, 9.17) is 14.7 Å². The van der Waals surface area contributed by atoms with Crippen LogP contribution in [0.3, 0.4) is 0 Å². The predicted octanol–water partition coefficient (Wildman–Crippen LogP) is 9.69. The normalized spacial score (nSPS) is 11.8. The molecule has 0 unspecified atom stereocenters. The van der Waals surface area contributed by atoms with Crippen molar-refractivity contribution in [2.75, 3.05) is 4.90 Å². The molecular formula is C36H41N3O2. The zero-order valence-electron chi connectivity index (χ0n) is 25.3. The fourth-order valence-corrected chi connectivity index (χ4v) is 4.73. The monoisotopic (exact) mass is 547 g/mol. The molecule has 3 aromatic carbocycles. The third-order valence-corrected chi connectivity index (χ3v) is 6.74. The number of aromatic nitrogens is 1. The SMILES string of the molecule is CC(C)c1cccc(C(C)C)c1/N=C/c1cccc(-c2ccccc2CN(C(=O)OC(C)(C)C)c2ccccc2)n1. The topological polar surface area (TPSA) is 54.8 Å². The second-order valence-electron chi connectivity index (χ2n) is 11.9. The summed E-state index contributed by atoms with van der Waals surface area (Å²) in [5.41, 5.74) is 7.18. The zero-order valence-corrected chi connectivity index (χ0v) is 25.3. The van der Waals surface area contributed by atoms with Gasteiger partial charge in [-0.3, -0.25) is 9.89 Å². The Morgan fingerprint density at radius 1 is 0.829 bits per heavy atom. The van der Waals surface area contributed by atoms with E-state index in [2.05, 4.69) is 45.9 Å². The van der Waals surface area contributed by atoms with Gasteiger partial charge in [0.05, 0.1) is 29.8 Å². The molecule has 212 valence electrons. The summed E-state index contributed by atoms with van der Waals surface area (Å²) in [7, 11) is 0. The molecule has 41 heavy (non-hydrogen) atoms. The summed E-state index contributed by atoms with van der Waals surface area (Å²) in [4.78, 5) is 24.9. The van der Waals surface area contributed by atoms with Crippen LogP contribution in [0.15, 0.2) is 96.0 Å². The Labute approximate surface area is 244 Å². The highest BCUT2D eigenvalue weighted by Gasteiger charge is 2.24. The molecule has 1 amide bonds. The Morgan fingerprint density at radius 3 is 2.07 bits per heavy atom. The lowest BCUT2D eigenvalue weighted by atomic mass is 9.93. The van der Waals surface area contributed by atoms with Gasteiger partial charge in [0.25, 0.3) is 0 Å². The molecule has 0 saturated heterocycles.